The fourth-order valence-corrected chi connectivity index (χ4v) is 5.00. The average Bonchev–Trinajstić information content (AvgIpc) is 2.72. The van der Waals surface area contributed by atoms with Crippen LogP contribution in [0.25, 0.3) is 0 Å². The molecule has 1 aliphatic carbocycles. The molecule has 0 unspecified atom stereocenters. The number of nitrogens with one attached hydrogen (secondary N) is 1. The highest BCUT2D eigenvalue weighted by molar-refractivity contribution is 7.91. The van der Waals surface area contributed by atoms with Gasteiger partial charge >= 0.3 is 5.97 Å². The first-order valence-electron chi connectivity index (χ1n) is 10.4. The van der Waals surface area contributed by atoms with Crippen molar-refractivity contribution in [3.8, 4) is 0 Å². The van der Waals surface area contributed by atoms with Gasteiger partial charge in [-0.1, -0.05) is 45.4 Å². The number of sulfone groups is 1. The van der Waals surface area contributed by atoms with Crippen LogP contribution in [0.1, 0.15) is 59.3 Å². The number of rotatable bonds is 9. The van der Waals surface area contributed by atoms with Crippen LogP contribution in [0.5, 0.6) is 0 Å². The minimum Gasteiger partial charge on any atom is -0.456 e. The standard InChI is InChI=1S/C22H33NO5S/c1-4-22(2,3)17-10-12-18(13-11-17)23-20(24)16-28-21(25)14-15-29(26,27)19-8-6-5-7-9-19/h5-9,17-18H,4,10-16H2,1-3H3,(H,23,24). The summed E-state index contributed by atoms with van der Waals surface area (Å²) in [5.41, 5.74) is 0.324. The predicted molar refractivity (Wildman–Crippen MR) is 112 cm³/mol. The number of esters is 1. The Labute approximate surface area is 174 Å². The van der Waals surface area contributed by atoms with Crippen LogP contribution >= 0.6 is 0 Å². The Morgan fingerprint density at radius 1 is 1.10 bits per heavy atom. The first-order chi connectivity index (χ1) is 13.6. The van der Waals surface area contributed by atoms with Crippen LogP contribution in [0.2, 0.25) is 0 Å². The molecule has 7 heteroatoms. The van der Waals surface area contributed by atoms with Crippen molar-refractivity contribution in [1.82, 2.24) is 5.32 Å². The second-order valence-corrected chi connectivity index (χ2v) is 10.6. The molecule has 0 bridgehead atoms. The van der Waals surface area contributed by atoms with Crippen molar-refractivity contribution in [2.45, 2.75) is 70.2 Å². The number of carbonyl (C=O) groups is 2. The van der Waals surface area contributed by atoms with Gasteiger partial charge in [-0.2, -0.15) is 0 Å². The van der Waals surface area contributed by atoms with Gasteiger partial charge in [0.2, 0.25) is 0 Å². The average molecular weight is 424 g/mol. The van der Waals surface area contributed by atoms with E-state index in [2.05, 4.69) is 26.1 Å². The molecule has 0 spiro atoms. The van der Waals surface area contributed by atoms with Gasteiger partial charge in [-0.25, -0.2) is 8.42 Å². The van der Waals surface area contributed by atoms with Crippen LogP contribution in [0.3, 0.4) is 0 Å². The minimum atomic E-state index is -3.54. The Kier molecular flexibility index (Phi) is 8.25. The Morgan fingerprint density at radius 3 is 2.31 bits per heavy atom. The van der Waals surface area contributed by atoms with Crippen molar-refractivity contribution in [3.05, 3.63) is 30.3 Å². The van der Waals surface area contributed by atoms with E-state index in [9.17, 15) is 18.0 Å². The molecule has 1 fully saturated rings. The summed E-state index contributed by atoms with van der Waals surface area (Å²) in [4.78, 5) is 24.1. The van der Waals surface area contributed by atoms with E-state index >= 15 is 0 Å². The second kappa shape index (κ2) is 10.2. The summed E-state index contributed by atoms with van der Waals surface area (Å²) >= 11 is 0. The van der Waals surface area contributed by atoms with Crippen LogP contribution in [0.15, 0.2) is 35.2 Å². The first-order valence-corrected chi connectivity index (χ1v) is 12.0. The van der Waals surface area contributed by atoms with Gasteiger partial charge in [0.05, 0.1) is 17.1 Å². The number of ether oxygens (including phenoxy) is 1. The van der Waals surface area contributed by atoms with E-state index in [1.807, 2.05) is 0 Å². The van der Waals surface area contributed by atoms with Gasteiger partial charge in [0.25, 0.3) is 5.91 Å². The molecular weight excluding hydrogens is 390 g/mol. The highest BCUT2D eigenvalue weighted by Gasteiger charge is 2.32. The summed E-state index contributed by atoms with van der Waals surface area (Å²) in [5.74, 6) is -0.685. The summed E-state index contributed by atoms with van der Waals surface area (Å²) < 4.78 is 29.3. The molecule has 0 aliphatic heterocycles. The molecule has 0 saturated heterocycles. The Bertz CT molecular complexity index is 781. The maximum absolute atomic E-state index is 12.2. The van der Waals surface area contributed by atoms with Gasteiger partial charge in [0.1, 0.15) is 0 Å². The van der Waals surface area contributed by atoms with Crippen LogP contribution < -0.4 is 5.32 Å². The third-order valence-electron chi connectivity index (χ3n) is 6.15. The molecule has 162 valence electrons. The SMILES string of the molecule is CCC(C)(C)C1CCC(NC(=O)COC(=O)CCS(=O)(=O)c2ccccc2)CC1. The quantitative estimate of drug-likeness (QED) is 0.614. The Balaban J connectivity index is 1.68. The highest BCUT2D eigenvalue weighted by Crippen LogP contribution is 2.40. The fraction of sp³-hybridized carbons (Fsp3) is 0.636. The first kappa shape index (κ1) is 23.4. The fourth-order valence-electron chi connectivity index (χ4n) is 3.76. The molecule has 2 rings (SSSR count). The molecule has 1 N–H and O–H groups in total. The zero-order valence-corrected chi connectivity index (χ0v) is 18.5. The van der Waals surface area contributed by atoms with E-state index in [1.54, 1.807) is 18.2 Å². The molecule has 1 aromatic rings. The number of hydrogen-bond acceptors (Lipinski definition) is 5. The van der Waals surface area contributed by atoms with Crippen molar-refractivity contribution < 1.29 is 22.7 Å². The van der Waals surface area contributed by atoms with Crippen LogP contribution in [-0.4, -0.2) is 38.7 Å². The summed E-state index contributed by atoms with van der Waals surface area (Å²) in [6.07, 6.45) is 4.91. The molecule has 1 amide bonds. The number of amides is 1. The summed E-state index contributed by atoms with van der Waals surface area (Å²) in [5, 5.41) is 2.93. The lowest BCUT2D eigenvalue weighted by atomic mass is 9.69. The molecule has 1 aliphatic rings. The molecule has 29 heavy (non-hydrogen) atoms. The number of hydrogen-bond donors (Lipinski definition) is 1. The predicted octanol–water partition coefficient (Wildman–Crippen LogP) is 3.50. The van der Waals surface area contributed by atoms with E-state index < -0.39 is 15.8 Å². The maximum atomic E-state index is 12.2. The van der Waals surface area contributed by atoms with Crippen molar-refractivity contribution >= 4 is 21.7 Å². The third kappa shape index (κ3) is 7.14. The van der Waals surface area contributed by atoms with Crippen molar-refractivity contribution in [1.29, 1.82) is 0 Å². The third-order valence-corrected chi connectivity index (χ3v) is 7.88. The maximum Gasteiger partial charge on any atom is 0.307 e. The Hall–Kier alpha value is -1.89. The minimum absolute atomic E-state index is 0.114. The van der Waals surface area contributed by atoms with Crippen molar-refractivity contribution in [2.24, 2.45) is 11.3 Å². The largest absolute Gasteiger partial charge is 0.456 e. The lowest BCUT2D eigenvalue weighted by Crippen LogP contribution is -2.41. The van der Waals surface area contributed by atoms with Crippen molar-refractivity contribution in [3.63, 3.8) is 0 Å². The van der Waals surface area contributed by atoms with Crippen LogP contribution in [0, 0.1) is 11.3 Å². The monoisotopic (exact) mass is 423 g/mol. The molecule has 0 radical (unpaired) electrons. The molecule has 0 atom stereocenters. The zero-order valence-electron chi connectivity index (χ0n) is 17.6. The molecule has 1 aromatic carbocycles. The summed E-state index contributed by atoms with van der Waals surface area (Å²) in [7, 11) is -3.54. The van der Waals surface area contributed by atoms with Gasteiger partial charge in [-0.15, -0.1) is 0 Å². The number of carbonyl (C=O) groups excluding carboxylic acids is 2. The topological polar surface area (TPSA) is 89.5 Å². The zero-order chi connectivity index (χ0) is 21.5. The van der Waals surface area contributed by atoms with Crippen molar-refractivity contribution in [2.75, 3.05) is 12.4 Å². The van der Waals surface area contributed by atoms with Crippen LogP contribution in [0.4, 0.5) is 0 Å². The van der Waals surface area contributed by atoms with E-state index in [0.717, 1.165) is 32.1 Å². The Morgan fingerprint density at radius 2 is 1.72 bits per heavy atom. The van der Waals surface area contributed by atoms with E-state index in [0.29, 0.717) is 11.3 Å². The molecule has 6 nitrogen and oxygen atoms in total. The van der Waals surface area contributed by atoms with Crippen LogP contribution in [-0.2, 0) is 24.2 Å². The second-order valence-electron chi connectivity index (χ2n) is 8.50. The molecular formula is C22H33NO5S. The molecule has 0 heterocycles. The van der Waals surface area contributed by atoms with Gasteiger partial charge in [-0.3, -0.25) is 9.59 Å². The molecule has 1 saturated carbocycles. The number of benzene rings is 1. The van der Waals surface area contributed by atoms with Gasteiger partial charge in [0, 0.05) is 6.04 Å². The lowest BCUT2D eigenvalue weighted by molar-refractivity contribution is -0.148. The lowest BCUT2D eigenvalue weighted by Gasteiger charge is -2.39. The van der Waals surface area contributed by atoms with E-state index in [-0.39, 0.29) is 35.6 Å². The smallest absolute Gasteiger partial charge is 0.307 e. The van der Waals surface area contributed by atoms with E-state index in [1.165, 1.54) is 12.1 Å². The highest BCUT2D eigenvalue weighted by atomic mass is 32.2. The normalized spacial score (nSPS) is 20.1. The van der Waals surface area contributed by atoms with E-state index in [4.69, 9.17) is 4.74 Å². The van der Waals surface area contributed by atoms with Gasteiger partial charge < -0.3 is 10.1 Å². The summed E-state index contributed by atoms with van der Waals surface area (Å²) in [6, 6.07) is 8.08. The molecule has 0 aromatic heterocycles. The van der Waals surface area contributed by atoms with Gasteiger partial charge in [0.15, 0.2) is 16.4 Å². The summed E-state index contributed by atoms with van der Waals surface area (Å²) in [6.45, 7) is 6.44. The van der Waals surface area contributed by atoms with Gasteiger partial charge in [-0.05, 0) is 49.1 Å².